The fourth-order valence-corrected chi connectivity index (χ4v) is 4.62. The van der Waals surface area contributed by atoms with Crippen molar-refractivity contribution >= 4 is 17.1 Å². The molecule has 2 N–H and O–H groups in total. The molecule has 0 spiro atoms. The molecule has 5 aliphatic heterocycles. The summed E-state index contributed by atoms with van der Waals surface area (Å²) < 4.78 is 0. The maximum atomic E-state index is 5.11. The standard InChI is InChI=1S/C20H25N5/c1-21-20-9-8-18(25-20)12-16-5-4-14(23-16)10-13-2-3-15(22-13)11-17-6-7-19(20)24-17/h10-12,19,21,23H,2-9H2,1H3. The van der Waals surface area contributed by atoms with Crippen LogP contribution in [0.3, 0.4) is 0 Å². The van der Waals surface area contributed by atoms with Gasteiger partial charge in [0.1, 0.15) is 5.66 Å². The van der Waals surface area contributed by atoms with Crippen LogP contribution in [-0.2, 0) is 0 Å². The zero-order valence-electron chi connectivity index (χ0n) is 14.8. The monoisotopic (exact) mass is 335 g/mol. The molecule has 5 heteroatoms. The number of likely N-dealkylation sites (N-methyl/N-ethyl adjacent to an activating group) is 1. The third-order valence-electron chi connectivity index (χ3n) is 6.01. The van der Waals surface area contributed by atoms with Gasteiger partial charge in [0.15, 0.2) is 0 Å². The van der Waals surface area contributed by atoms with Crippen molar-refractivity contribution in [3.05, 3.63) is 35.3 Å². The highest BCUT2D eigenvalue weighted by molar-refractivity contribution is 6.01. The Balaban J connectivity index is 1.59. The first kappa shape index (κ1) is 15.3. The van der Waals surface area contributed by atoms with E-state index in [9.17, 15) is 0 Å². The molecule has 1 fully saturated rings. The van der Waals surface area contributed by atoms with Crippen LogP contribution in [0.1, 0.15) is 51.4 Å². The fraction of sp³-hybridized carbons (Fsp3) is 0.550. The molecule has 0 aromatic carbocycles. The zero-order chi connectivity index (χ0) is 16.9. The Morgan fingerprint density at radius 1 is 0.960 bits per heavy atom. The van der Waals surface area contributed by atoms with Crippen molar-refractivity contribution in [1.29, 1.82) is 0 Å². The number of aliphatic imine (C=N–C) groups is 3. The topological polar surface area (TPSA) is 61.1 Å². The quantitative estimate of drug-likeness (QED) is 0.774. The van der Waals surface area contributed by atoms with Gasteiger partial charge in [-0.3, -0.25) is 20.3 Å². The van der Waals surface area contributed by atoms with Gasteiger partial charge in [0.2, 0.25) is 0 Å². The Hall–Kier alpha value is -2.01. The average Bonchev–Trinajstić information content (AvgIpc) is 3.37. The van der Waals surface area contributed by atoms with Crippen LogP contribution in [0, 0.1) is 0 Å². The molecular weight excluding hydrogens is 310 g/mol. The van der Waals surface area contributed by atoms with Crippen molar-refractivity contribution < 1.29 is 0 Å². The van der Waals surface area contributed by atoms with E-state index in [2.05, 4.69) is 28.9 Å². The van der Waals surface area contributed by atoms with Crippen molar-refractivity contribution in [1.82, 2.24) is 10.6 Å². The van der Waals surface area contributed by atoms with Crippen LogP contribution in [0.2, 0.25) is 0 Å². The molecule has 1 saturated heterocycles. The molecule has 0 aromatic heterocycles. The molecule has 2 atom stereocenters. The normalized spacial score (nSPS) is 33.4. The van der Waals surface area contributed by atoms with Gasteiger partial charge in [-0.15, -0.1) is 0 Å². The Labute approximate surface area is 148 Å². The zero-order valence-corrected chi connectivity index (χ0v) is 14.8. The van der Waals surface area contributed by atoms with Gasteiger partial charge in [-0.25, -0.2) is 0 Å². The van der Waals surface area contributed by atoms with Crippen LogP contribution in [0.5, 0.6) is 0 Å². The van der Waals surface area contributed by atoms with Gasteiger partial charge in [-0.05, 0) is 76.6 Å². The summed E-state index contributed by atoms with van der Waals surface area (Å²) in [4.78, 5) is 15.0. The lowest BCUT2D eigenvalue weighted by molar-refractivity contribution is 0.296. The minimum absolute atomic E-state index is 0.228. The van der Waals surface area contributed by atoms with E-state index in [-0.39, 0.29) is 11.7 Å². The van der Waals surface area contributed by atoms with Gasteiger partial charge in [0.25, 0.3) is 0 Å². The lowest BCUT2D eigenvalue weighted by Crippen LogP contribution is -2.48. The molecule has 2 unspecified atom stereocenters. The van der Waals surface area contributed by atoms with E-state index in [1.807, 2.05) is 7.05 Å². The summed E-state index contributed by atoms with van der Waals surface area (Å²) in [5.41, 5.74) is 7.14. The van der Waals surface area contributed by atoms with Crippen LogP contribution in [0.15, 0.2) is 50.3 Å². The fourth-order valence-electron chi connectivity index (χ4n) is 4.62. The van der Waals surface area contributed by atoms with E-state index in [0.29, 0.717) is 0 Å². The highest BCUT2D eigenvalue weighted by Crippen LogP contribution is 2.35. The van der Waals surface area contributed by atoms with Crippen molar-refractivity contribution in [3.8, 4) is 0 Å². The summed E-state index contributed by atoms with van der Waals surface area (Å²) in [6.45, 7) is 0. The number of allylic oxidation sites excluding steroid dienone is 6. The first-order valence-electron chi connectivity index (χ1n) is 9.53. The third kappa shape index (κ3) is 2.71. The summed E-state index contributed by atoms with van der Waals surface area (Å²) in [6.07, 6.45) is 15.1. The van der Waals surface area contributed by atoms with Crippen LogP contribution >= 0.6 is 0 Å². The number of hydrogen-bond donors (Lipinski definition) is 2. The SMILES string of the molecule is CNC12CCC(=N1)C=C1CCC(=CC3=NC(=CC4=NC2CC4)CC3)N1. The second-order valence-electron chi connectivity index (χ2n) is 7.66. The smallest absolute Gasteiger partial charge is 0.133 e. The van der Waals surface area contributed by atoms with Gasteiger partial charge in [-0.2, -0.15) is 0 Å². The van der Waals surface area contributed by atoms with E-state index < -0.39 is 0 Å². The van der Waals surface area contributed by atoms with E-state index in [1.54, 1.807) is 0 Å². The molecule has 8 bridgehead atoms. The number of hydrogen-bond acceptors (Lipinski definition) is 5. The van der Waals surface area contributed by atoms with Gasteiger partial charge in [-0.1, -0.05) is 0 Å². The molecule has 5 rings (SSSR count). The molecule has 0 aromatic rings. The van der Waals surface area contributed by atoms with Crippen LogP contribution < -0.4 is 10.6 Å². The number of nitrogens with zero attached hydrogens (tertiary/aromatic N) is 3. The summed E-state index contributed by atoms with van der Waals surface area (Å²) in [6, 6.07) is 0.237. The highest BCUT2D eigenvalue weighted by Gasteiger charge is 2.42. The summed E-state index contributed by atoms with van der Waals surface area (Å²) in [5, 5.41) is 7.08. The predicted octanol–water partition coefficient (Wildman–Crippen LogP) is 3.02. The maximum absolute atomic E-state index is 5.11. The molecule has 130 valence electrons. The predicted molar refractivity (Wildman–Crippen MR) is 102 cm³/mol. The number of rotatable bonds is 1. The molecule has 5 heterocycles. The second-order valence-corrected chi connectivity index (χ2v) is 7.66. The lowest BCUT2D eigenvalue weighted by Gasteiger charge is -2.30. The molecule has 0 aliphatic carbocycles. The first-order chi connectivity index (χ1) is 12.2. The second kappa shape index (κ2) is 5.77. The van der Waals surface area contributed by atoms with Crippen LogP contribution in [0.25, 0.3) is 0 Å². The Kier molecular flexibility index (Phi) is 3.52. The molecule has 0 amide bonds. The summed E-state index contributed by atoms with van der Waals surface area (Å²) in [5.74, 6) is 0. The Bertz CT molecular complexity index is 795. The molecule has 5 aliphatic rings. The van der Waals surface area contributed by atoms with Crippen LogP contribution in [0.4, 0.5) is 0 Å². The molecule has 25 heavy (non-hydrogen) atoms. The lowest BCUT2D eigenvalue weighted by atomic mass is 9.95. The maximum Gasteiger partial charge on any atom is 0.133 e. The van der Waals surface area contributed by atoms with E-state index in [1.165, 1.54) is 34.2 Å². The van der Waals surface area contributed by atoms with E-state index in [0.717, 1.165) is 51.4 Å². The molecular formula is C20H25N5. The largest absolute Gasteiger partial charge is 0.362 e. The summed E-state index contributed by atoms with van der Waals surface area (Å²) >= 11 is 0. The Morgan fingerprint density at radius 3 is 2.64 bits per heavy atom. The summed E-state index contributed by atoms with van der Waals surface area (Å²) in [7, 11) is 2.03. The molecule has 0 saturated carbocycles. The van der Waals surface area contributed by atoms with Crippen molar-refractivity contribution in [2.45, 2.75) is 63.1 Å². The van der Waals surface area contributed by atoms with Gasteiger partial charge in [0, 0.05) is 34.2 Å². The first-order valence-corrected chi connectivity index (χ1v) is 9.53. The van der Waals surface area contributed by atoms with Crippen LogP contribution in [-0.4, -0.2) is 35.9 Å². The van der Waals surface area contributed by atoms with Crippen molar-refractivity contribution in [2.75, 3.05) is 7.05 Å². The highest BCUT2D eigenvalue weighted by atomic mass is 15.2. The minimum atomic E-state index is -0.228. The van der Waals surface area contributed by atoms with E-state index in [4.69, 9.17) is 15.0 Å². The average molecular weight is 335 g/mol. The van der Waals surface area contributed by atoms with Gasteiger partial charge < -0.3 is 5.32 Å². The van der Waals surface area contributed by atoms with Gasteiger partial charge >= 0.3 is 0 Å². The number of fused-ring (bicyclic) bond motifs is 6. The molecule has 0 radical (unpaired) electrons. The number of nitrogens with one attached hydrogen (secondary N) is 2. The van der Waals surface area contributed by atoms with Crippen molar-refractivity contribution in [3.63, 3.8) is 0 Å². The third-order valence-corrected chi connectivity index (χ3v) is 6.01. The molecule has 5 nitrogen and oxygen atoms in total. The van der Waals surface area contributed by atoms with E-state index >= 15 is 0 Å². The Morgan fingerprint density at radius 2 is 1.80 bits per heavy atom. The van der Waals surface area contributed by atoms with Gasteiger partial charge in [0.05, 0.1) is 6.04 Å². The van der Waals surface area contributed by atoms with Crippen molar-refractivity contribution in [2.24, 2.45) is 15.0 Å². The minimum Gasteiger partial charge on any atom is -0.362 e.